The van der Waals surface area contributed by atoms with Crippen molar-refractivity contribution in [1.29, 1.82) is 0 Å². The van der Waals surface area contributed by atoms with Gasteiger partial charge in [-0.3, -0.25) is 14.4 Å². The fraction of sp³-hybridized carbons (Fsp3) is 0.816. The van der Waals surface area contributed by atoms with Crippen LogP contribution in [0.3, 0.4) is 0 Å². The highest BCUT2D eigenvalue weighted by atomic mass is 16.6. The van der Waals surface area contributed by atoms with Crippen molar-refractivity contribution in [2.45, 2.75) is 245 Å². The highest BCUT2D eigenvalue weighted by Crippen LogP contribution is 2.15. The maximum Gasteiger partial charge on any atom is 0.306 e. The summed E-state index contributed by atoms with van der Waals surface area (Å²) in [5, 5.41) is 0. The molecule has 6 heteroatoms. The lowest BCUT2D eigenvalue weighted by Crippen LogP contribution is -2.30. The average Bonchev–Trinajstić information content (AvgIpc) is 3.18. The van der Waals surface area contributed by atoms with Gasteiger partial charge in [0.25, 0.3) is 0 Å². The first-order chi connectivity index (χ1) is 27.0. The Bertz CT molecular complexity index is 938. The molecular formula is C49H88O6. The van der Waals surface area contributed by atoms with Gasteiger partial charge in [0.1, 0.15) is 13.2 Å². The van der Waals surface area contributed by atoms with Crippen LogP contribution < -0.4 is 0 Å². The van der Waals surface area contributed by atoms with Crippen LogP contribution in [0.4, 0.5) is 0 Å². The minimum atomic E-state index is -0.791. The van der Waals surface area contributed by atoms with E-state index in [9.17, 15) is 14.4 Å². The molecule has 0 fully saturated rings. The van der Waals surface area contributed by atoms with E-state index in [4.69, 9.17) is 14.2 Å². The van der Waals surface area contributed by atoms with Crippen molar-refractivity contribution in [2.75, 3.05) is 13.2 Å². The van der Waals surface area contributed by atoms with Crippen LogP contribution in [0, 0.1) is 0 Å². The zero-order chi connectivity index (χ0) is 40.1. The SMILES string of the molecule is CC/C=C\C/C=C\C/C=C\CCCC(=O)OC(COC(=O)CCCCCCCCCCCCC)COC(=O)CCCCCCCCCCCCCCCCC. The molecule has 1 atom stereocenters. The van der Waals surface area contributed by atoms with Crippen molar-refractivity contribution >= 4 is 17.9 Å². The van der Waals surface area contributed by atoms with Crippen molar-refractivity contribution < 1.29 is 28.6 Å². The molecule has 0 aromatic rings. The van der Waals surface area contributed by atoms with E-state index in [0.717, 1.165) is 64.2 Å². The molecule has 1 unspecified atom stereocenters. The summed E-state index contributed by atoms with van der Waals surface area (Å²) in [6.07, 6.45) is 49.9. The smallest absolute Gasteiger partial charge is 0.306 e. The van der Waals surface area contributed by atoms with Crippen LogP contribution in [0.1, 0.15) is 239 Å². The number of carbonyl (C=O) groups excluding carboxylic acids is 3. The van der Waals surface area contributed by atoms with Crippen molar-refractivity contribution in [3.63, 3.8) is 0 Å². The van der Waals surface area contributed by atoms with Crippen molar-refractivity contribution in [3.05, 3.63) is 36.5 Å². The summed E-state index contributed by atoms with van der Waals surface area (Å²) in [6.45, 7) is 6.47. The fourth-order valence-electron chi connectivity index (χ4n) is 6.64. The van der Waals surface area contributed by atoms with Gasteiger partial charge in [-0.05, 0) is 44.9 Å². The van der Waals surface area contributed by atoms with Gasteiger partial charge in [-0.15, -0.1) is 0 Å². The zero-order valence-electron chi connectivity index (χ0n) is 36.4. The Morgan fingerprint density at radius 3 is 1.09 bits per heavy atom. The van der Waals surface area contributed by atoms with Crippen LogP contribution in [0.5, 0.6) is 0 Å². The molecule has 0 radical (unpaired) electrons. The van der Waals surface area contributed by atoms with Crippen LogP contribution in [-0.2, 0) is 28.6 Å². The highest BCUT2D eigenvalue weighted by Gasteiger charge is 2.19. The van der Waals surface area contributed by atoms with Gasteiger partial charge in [0, 0.05) is 19.3 Å². The minimum absolute atomic E-state index is 0.0886. The first-order valence-corrected chi connectivity index (χ1v) is 23.5. The Morgan fingerprint density at radius 1 is 0.382 bits per heavy atom. The van der Waals surface area contributed by atoms with Crippen LogP contribution in [0.25, 0.3) is 0 Å². The van der Waals surface area contributed by atoms with Gasteiger partial charge in [-0.2, -0.15) is 0 Å². The second-order valence-electron chi connectivity index (χ2n) is 15.6. The molecule has 0 aliphatic rings. The fourth-order valence-corrected chi connectivity index (χ4v) is 6.64. The number of hydrogen-bond donors (Lipinski definition) is 0. The second kappa shape index (κ2) is 44.3. The molecule has 0 aliphatic heterocycles. The molecule has 0 aromatic carbocycles. The van der Waals surface area contributed by atoms with Gasteiger partial charge >= 0.3 is 17.9 Å². The Kier molecular flexibility index (Phi) is 42.4. The quantitative estimate of drug-likeness (QED) is 0.0266. The monoisotopic (exact) mass is 773 g/mol. The van der Waals surface area contributed by atoms with E-state index in [1.54, 1.807) is 0 Å². The predicted octanol–water partition coefficient (Wildman–Crippen LogP) is 15.0. The van der Waals surface area contributed by atoms with Crippen molar-refractivity contribution in [2.24, 2.45) is 0 Å². The predicted molar refractivity (Wildman–Crippen MR) is 233 cm³/mol. The van der Waals surface area contributed by atoms with E-state index in [-0.39, 0.29) is 37.5 Å². The molecule has 0 bridgehead atoms. The minimum Gasteiger partial charge on any atom is -0.462 e. The van der Waals surface area contributed by atoms with Gasteiger partial charge in [-0.25, -0.2) is 0 Å². The molecular weight excluding hydrogens is 685 g/mol. The first kappa shape index (κ1) is 52.6. The normalized spacial score (nSPS) is 12.3. The number of ether oxygens (including phenoxy) is 3. The molecule has 0 heterocycles. The number of allylic oxidation sites excluding steroid dienone is 6. The summed E-state index contributed by atoms with van der Waals surface area (Å²) in [5.74, 6) is -0.939. The summed E-state index contributed by atoms with van der Waals surface area (Å²) >= 11 is 0. The highest BCUT2D eigenvalue weighted by molar-refractivity contribution is 5.71. The van der Waals surface area contributed by atoms with Gasteiger partial charge in [-0.1, -0.05) is 211 Å². The van der Waals surface area contributed by atoms with E-state index in [2.05, 4.69) is 57.2 Å². The summed E-state index contributed by atoms with van der Waals surface area (Å²) in [7, 11) is 0. The van der Waals surface area contributed by atoms with Crippen LogP contribution in [0.2, 0.25) is 0 Å². The Morgan fingerprint density at radius 2 is 0.709 bits per heavy atom. The molecule has 0 N–H and O–H groups in total. The largest absolute Gasteiger partial charge is 0.462 e. The van der Waals surface area contributed by atoms with E-state index in [0.29, 0.717) is 19.3 Å². The molecule has 0 aromatic heterocycles. The first-order valence-electron chi connectivity index (χ1n) is 23.5. The standard InChI is InChI=1S/C49H88O6/c1-4-7-10-13-16-19-22-23-24-25-28-30-33-36-39-42-48(51)54-45-46(55-49(52)43-40-37-34-31-27-21-18-15-12-9-6-3)44-53-47(50)41-38-35-32-29-26-20-17-14-11-8-5-2/h9,12,18,21,31,34,46H,4-8,10-11,13-17,19-20,22-30,32-33,35-45H2,1-3H3/b12-9-,21-18-,34-31-. The molecule has 0 amide bonds. The Balaban J connectivity index is 4.37. The number of rotatable bonds is 42. The van der Waals surface area contributed by atoms with Gasteiger partial charge < -0.3 is 14.2 Å². The summed E-state index contributed by atoms with van der Waals surface area (Å²) in [4.78, 5) is 37.7. The van der Waals surface area contributed by atoms with E-state index in [1.165, 1.54) is 128 Å². The van der Waals surface area contributed by atoms with Gasteiger partial charge in [0.05, 0.1) is 0 Å². The molecule has 6 nitrogen and oxygen atoms in total. The lowest BCUT2D eigenvalue weighted by molar-refractivity contribution is -0.167. The van der Waals surface area contributed by atoms with Crippen LogP contribution in [-0.4, -0.2) is 37.2 Å². The van der Waals surface area contributed by atoms with Crippen molar-refractivity contribution in [1.82, 2.24) is 0 Å². The Hall–Kier alpha value is -2.37. The number of hydrogen-bond acceptors (Lipinski definition) is 6. The topological polar surface area (TPSA) is 78.9 Å². The maximum atomic E-state index is 12.7. The zero-order valence-corrected chi connectivity index (χ0v) is 36.4. The molecule has 0 saturated heterocycles. The number of unbranched alkanes of at least 4 members (excludes halogenated alkanes) is 25. The molecule has 320 valence electrons. The summed E-state index contributed by atoms with van der Waals surface area (Å²) in [5.41, 5.74) is 0. The van der Waals surface area contributed by atoms with Crippen LogP contribution >= 0.6 is 0 Å². The molecule has 0 rings (SSSR count). The molecule has 0 aliphatic carbocycles. The molecule has 0 saturated carbocycles. The molecule has 55 heavy (non-hydrogen) atoms. The second-order valence-corrected chi connectivity index (χ2v) is 15.6. The number of esters is 3. The maximum absolute atomic E-state index is 12.7. The van der Waals surface area contributed by atoms with Crippen LogP contribution in [0.15, 0.2) is 36.5 Å². The lowest BCUT2D eigenvalue weighted by Gasteiger charge is -2.18. The van der Waals surface area contributed by atoms with Crippen molar-refractivity contribution in [3.8, 4) is 0 Å². The van der Waals surface area contributed by atoms with Gasteiger partial charge in [0.15, 0.2) is 6.10 Å². The average molecular weight is 773 g/mol. The Labute approximate surface area is 340 Å². The third kappa shape index (κ3) is 42.6. The lowest BCUT2D eigenvalue weighted by atomic mass is 10.0. The summed E-state index contributed by atoms with van der Waals surface area (Å²) in [6, 6.07) is 0. The molecule has 0 spiro atoms. The van der Waals surface area contributed by atoms with E-state index < -0.39 is 6.10 Å². The number of carbonyl (C=O) groups is 3. The summed E-state index contributed by atoms with van der Waals surface area (Å²) < 4.78 is 16.7. The van der Waals surface area contributed by atoms with E-state index in [1.807, 2.05) is 0 Å². The third-order valence-electron chi connectivity index (χ3n) is 10.2. The van der Waals surface area contributed by atoms with Gasteiger partial charge in [0.2, 0.25) is 0 Å². The van der Waals surface area contributed by atoms with E-state index >= 15 is 0 Å². The third-order valence-corrected chi connectivity index (χ3v) is 10.2.